The van der Waals surface area contributed by atoms with Gasteiger partial charge in [0, 0.05) is 6.54 Å². The zero-order valence-electron chi connectivity index (χ0n) is 9.60. The number of aromatic nitrogens is 1. The fourth-order valence-electron chi connectivity index (χ4n) is 2.41. The number of fused-ring (bicyclic) bond motifs is 1. The molecule has 1 aromatic carbocycles. The predicted octanol–water partition coefficient (Wildman–Crippen LogP) is 2.87. The van der Waals surface area contributed by atoms with E-state index in [-0.39, 0.29) is 6.10 Å². The van der Waals surface area contributed by atoms with Crippen molar-refractivity contribution in [2.45, 2.75) is 25.4 Å². The van der Waals surface area contributed by atoms with Crippen molar-refractivity contribution in [2.24, 2.45) is 5.92 Å². The van der Waals surface area contributed by atoms with E-state index in [1.807, 2.05) is 18.2 Å². The van der Waals surface area contributed by atoms with Crippen LogP contribution in [0.15, 0.2) is 24.3 Å². The Morgan fingerprint density at radius 3 is 3.00 bits per heavy atom. The molecule has 0 bridgehead atoms. The maximum atomic E-state index is 9.47. The number of nitrogens with one attached hydrogen (secondary N) is 1. The van der Waals surface area contributed by atoms with Crippen molar-refractivity contribution in [1.82, 2.24) is 4.98 Å². The summed E-state index contributed by atoms with van der Waals surface area (Å²) < 4.78 is 1.22. The van der Waals surface area contributed by atoms with Gasteiger partial charge in [0.2, 0.25) is 0 Å². The zero-order chi connectivity index (χ0) is 11.7. The van der Waals surface area contributed by atoms with Gasteiger partial charge in [-0.25, -0.2) is 4.98 Å². The monoisotopic (exact) mass is 248 g/mol. The third-order valence-electron chi connectivity index (χ3n) is 3.35. The normalized spacial score (nSPS) is 24.3. The van der Waals surface area contributed by atoms with Crippen LogP contribution in [0.1, 0.15) is 19.3 Å². The predicted molar refractivity (Wildman–Crippen MR) is 71.5 cm³/mol. The summed E-state index contributed by atoms with van der Waals surface area (Å²) >= 11 is 1.70. The Balaban J connectivity index is 1.65. The summed E-state index contributed by atoms with van der Waals surface area (Å²) in [6, 6.07) is 8.19. The molecule has 4 heteroatoms. The first-order valence-electron chi connectivity index (χ1n) is 6.09. The number of hydrogen-bond acceptors (Lipinski definition) is 4. The molecule has 0 spiro atoms. The molecule has 2 N–H and O–H groups in total. The fraction of sp³-hybridized carbons (Fsp3) is 0.462. The first kappa shape index (κ1) is 11.0. The third-order valence-corrected chi connectivity index (χ3v) is 4.34. The molecule has 1 aliphatic rings. The van der Waals surface area contributed by atoms with E-state index in [9.17, 15) is 5.11 Å². The van der Waals surface area contributed by atoms with Gasteiger partial charge in [-0.3, -0.25) is 0 Å². The van der Waals surface area contributed by atoms with Gasteiger partial charge in [0.1, 0.15) is 0 Å². The topological polar surface area (TPSA) is 45.1 Å². The van der Waals surface area contributed by atoms with Gasteiger partial charge in [0.15, 0.2) is 5.13 Å². The van der Waals surface area contributed by atoms with Gasteiger partial charge in [0.25, 0.3) is 0 Å². The quantitative estimate of drug-likeness (QED) is 0.878. The molecule has 1 heterocycles. The smallest absolute Gasteiger partial charge is 0.183 e. The number of benzene rings is 1. The van der Waals surface area contributed by atoms with Gasteiger partial charge in [-0.1, -0.05) is 23.5 Å². The molecule has 17 heavy (non-hydrogen) atoms. The average molecular weight is 248 g/mol. The number of rotatable bonds is 3. The number of aliphatic hydroxyl groups excluding tert-OH is 1. The zero-order valence-corrected chi connectivity index (χ0v) is 10.4. The number of para-hydroxylation sites is 1. The maximum absolute atomic E-state index is 9.47. The molecular weight excluding hydrogens is 232 g/mol. The molecule has 0 amide bonds. The minimum absolute atomic E-state index is 0.0860. The second-order valence-corrected chi connectivity index (χ2v) is 5.73. The molecule has 3 nitrogen and oxygen atoms in total. The molecule has 0 saturated heterocycles. The average Bonchev–Trinajstić information content (AvgIpc) is 2.91. The van der Waals surface area contributed by atoms with Crippen LogP contribution in [0.25, 0.3) is 10.2 Å². The van der Waals surface area contributed by atoms with Crippen molar-refractivity contribution in [3.05, 3.63) is 24.3 Å². The number of hydrogen-bond donors (Lipinski definition) is 2. The Morgan fingerprint density at radius 2 is 2.24 bits per heavy atom. The highest BCUT2D eigenvalue weighted by Crippen LogP contribution is 2.28. The van der Waals surface area contributed by atoms with E-state index in [0.717, 1.165) is 36.5 Å². The molecule has 90 valence electrons. The van der Waals surface area contributed by atoms with Crippen molar-refractivity contribution in [3.63, 3.8) is 0 Å². The summed E-state index contributed by atoms with van der Waals surface area (Å²) in [6.45, 7) is 0.927. The molecule has 0 aliphatic heterocycles. The second-order valence-electron chi connectivity index (χ2n) is 4.70. The molecule has 0 radical (unpaired) electrons. The largest absolute Gasteiger partial charge is 0.393 e. The summed E-state index contributed by atoms with van der Waals surface area (Å²) in [5.74, 6) is 0.594. The Labute approximate surface area is 105 Å². The lowest BCUT2D eigenvalue weighted by Gasteiger charge is -2.09. The Bertz CT molecular complexity index is 478. The van der Waals surface area contributed by atoms with Crippen LogP contribution in [0.2, 0.25) is 0 Å². The SMILES string of the molecule is OC1CCC(CNc2nc3ccccc3s2)C1. The summed E-state index contributed by atoms with van der Waals surface area (Å²) in [6.07, 6.45) is 2.92. The van der Waals surface area contributed by atoms with Crippen molar-refractivity contribution >= 4 is 26.7 Å². The van der Waals surface area contributed by atoms with Gasteiger partial charge in [-0.2, -0.15) is 0 Å². The fourth-order valence-corrected chi connectivity index (χ4v) is 3.29. The minimum Gasteiger partial charge on any atom is -0.393 e. The number of nitrogens with zero attached hydrogens (tertiary/aromatic N) is 1. The molecule has 2 atom stereocenters. The van der Waals surface area contributed by atoms with E-state index >= 15 is 0 Å². The summed E-state index contributed by atoms with van der Waals surface area (Å²) in [4.78, 5) is 4.54. The highest BCUT2D eigenvalue weighted by atomic mass is 32.1. The Hall–Kier alpha value is -1.13. The molecule has 1 fully saturated rings. The third kappa shape index (κ3) is 2.42. The van der Waals surface area contributed by atoms with Crippen LogP contribution < -0.4 is 5.32 Å². The lowest BCUT2D eigenvalue weighted by atomic mass is 10.1. The standard InChI is InChI=1S/C13H16N2OS/c16-10-6-5-9(7-10)8-14-13-15-11-3-1-2-4-12(11)17-13/h1-4,9-10,16H,5-8H2,(H,14,15). The van der Waals surface area contributed by atoms with Crippen molar-refractivity contribution in [3.8, 4) is 0 Å². The van der Waals surface area contributed by atoms with Gasteiger partial charge < -0.3 is 10.4 Å². The van der Waals surface area contributed by atoms with E-state index in [1.165, 1.54) is 4.70 Å². The van der Waals surface area contributed by atoms with Gasteiger partial charge >= 0.3 is 0 Å². The lowest BCUT2D eigenvalue weighted by Crippen LogP contribution is -2.12. The first-order valence-corrected chi connectivity index (χ1v) is 6.90. The van der Waals surface area contributed by atoms with Crippen LogP contribution in [-0.2, 0) is 0 Å². The Kier molecular flexibility index (Phi) is 2.99. The van der Waals surface area contributed by atoms with Crippen LogP contribution >= 0.6 is 11.3 Å². The molecule has 1 aromatic heterocycles. The van der Waals surface area contributed by atoms with Crippen LogP contribution in [0.3, 0.4) is 0 Å². The molecule has 1 saturated carbocycles. The maximum Gasteiger partial charge on any atom is 0.183 e. The van der Waals surface area contributed by atoms with E-state index in [4.69, 9.17) is 0 Å². The van der Waals surface area contributed by atoms with E-state index < -0.39 is 0 Å². The van der Waals surface area contributed by atoms with Gasteiger partial charge in [-0.15, -0.1) is 0 Å². The van der Waals surface area contributed by atoms with Crippen molar-refractivity contribution in [1.29, 1.82) is 0 Å². The number of thiazole rings is 1. The number of anilines is 1. The number of aliphatic hydroxyl groups is 1. The molecule has 1 aliphatic carbocycles. The van der Waals surface area contributed by atoms with Crippen molar-refractivity contribution < 1.29 is 5.11 Å². The minimum atomic E-state index is -0.0860. The van der Waals surface area contributed by atoms with Gasteiger partial charge in [0.05, 0.1) is 16.3 Å². The highest BCUT2D eigenvalue weighted by molar-refractivity contribution is 7.22. The van der Waals surface area contributed by atoms with E-state index in [0.29, 0.717) is 5.92 Å². The lowest BCUT2D eigenvalue weighted by molar-refractivity contribution is 0.178. The molecule has 2 unspecified atom stereocenters. The second kappa shape index (κ2) is 4.63. The molecular formula is C13H16N2OS. The van der Waals surface area contributed by atoms with Crippen molar-refractivity contribution in [2.75, 3.05) is 11.9 Å². The van der Waals surface area contributed by atoms with Crippen LogP contribution in [0, 0.1) is 5.92 Å². The summed E-state index contributed by atoms with van der Waals surface area (Å²) in [5, 5.41) is 13.9. The van der Waals surface area contributed by atoms with Crippen LogP contribution in [-0.4, -0.2) is 22.7 Å². The molecule has 3 rings (SSSR count). The summed E-state index contributed by atoms with van der Waals surface area (Å²) in [5.41, 5.74) is 1.06. The van der Waals surface area contributed by atoms with E-state index in [1.54, 1.807) is 11.3 Å². The summed E-state index contributed by atoms with van der Waals surface area (Å²) in [7, 11) is 0. The van der Waals surface area contributed by atoms with E-state index in [2.05, 4.69) is 16.4 Å². The molecule has 2 aromatic rings. The highest BCUT2D eigenvalue weighted by Gasteiger charge is 2.22. The van der Waals surface area contributed by atoms with Crippen LogP contribution in [0.5, 0.6) is 0 Å². The van der Waals surface area contributed by atoms with Crippen LogP contribution in [0.4, 0.5) is 5.13 Å². The Morgan fingerprint density at radius 1 is 1.35 bits per heavy atom. The first-order chi connectivity index (χ1) is 8.31. The van der Waals surface area contributed by atoms with Gasteiger partial charge in [-0.05, 0) is 37.3 Å².